The third-order valence-electron chi connectivity index (χ3n) is 5.57. The van der Waals surface area contributed by atoms with E-state index in [-0.39, 0.29) is 18.2 Å². The zero-order chi connectivity index (χ0) is 22.5. The Labute approximate surface area is 187 Å². The molecule has 4 rings (SSSR count). The summed E-state index contributed by atoms with van der Waals surface area (Å²) in [5.41, 5.74) is 4.52. The van der Waals surface area contributed by atoms with Gasteiger partial charge in [-0.2, -0.15) is 0 Å². The van der Waals surface area contributed by atoms with Crippen molar-refractivity contribution in [2.45, 2.75) is 32.2 Å². The van der Waals surface area contributed by atoms with Gasteiger partial charge in [0.2, 0.25) is 5.91 Å². The predicted molar refractivity (Wildman–Crippen MR) is 128 cm³/mol. The number of aromatic nitrogens is 1. The maximum Gasteiger partial charge on any atom is 0.251 e. The van der Waals surface area contributed by atoms with Gasteiger partial charge in [-0.05, 0) is 40.8 Å². The molecule has 3 aromatic carbocycles. The summed E-state index contributed by atoms with van der Waals surface area (Å²) in [5.74, 6) is -0.0738. The molecule has 0 aliphatic heterocycles. The fraction of sp³-hybridized carbons (Fsp3) is 0.185. The largest absolute Gasteiger partial charge is 0.361 e. The van der Waals surface area contributed by atoms with Crippen LogP contribution in [0.2, 0.25) is 0 Å². The van der Waals surface area contributed by atoms with Crippen molar-refractivity contribution in [1.82, 2.24) is 10.3 Å². The summed E-state index contributed by atoms with van der Waals surface area (Å²) in [6.07, 6.45) is 2.03. The van der Waals surface area contributed by atoms with Gasteiger partial charge in [0.25, 0.3) is 5.91 Å². The number of anilines is 1. The number of carbonyl (C=O) groups excluding carboxylic acids is 2. The van der Waals surface area contributed by atoms with E-state index in [1.807, 2.05) is 85.1 Å². The van der Waals surface area contributed by atoms with Crippen LogP contribution in [0.25, 0.3) is 10.9 Å². The number of fused-ring (bicyclic) bond motifs is 1. The second-order valence-electron chi connectivity index (χ2n) is 8.21. The molecule has 0 bridgehead atoms. The molecular weight excluding hydrogens is 398 g/mol. The van der Waals surface area contributed by atoms with Crippen LogP contribution in [0, 0.1) is 0 Å². The molecule has 5 nitrogen and oxygen atoms in total. The lowest BCUT2D eigenvalue weighted by atomic mass is 10.0. The van der Waals surface area contributed by atoms with Crippen LogP contribution in [0.15, 0.2) is 85.1 Å². The topological polar surface area (TPSA) is 74.0 Å². The number of carbonyl (C=O) groups is 2. The van der Waals surface area contributed by atoms with E-state index in [0.717, 1.165) is 22.0 Å². The molecule has 0 spiro atoms. The van der Waals surface area contributed by atoms with Gasteiger partial charge in [0.05, 0.1) is 6.42 Å². The number of benzene rings is 3. The second kappa shape index (κ2) is 9.52. The lowest BCUT2D eigenvalue weighted by Crippen LogP contribution is -2.37. The Morgan fingerprint density at radius 1 is 0.844 bits per heavy atom. The summed E-state index contributed by atoms with van der Waals surface area (Å²) in [4.78, 5) is 29.2. The SMILES string of the molecule is CC(C)c1ccc(NC(=O)[C@@H](NC(=O)Cc2c[nH]c3ccccc23)c2ccccc2)cc1. The number of hydrogen-bond donors (Lipinski definition) is 3. The van der Waals surface area contributed by atoms with E-state index >= 15 is 0 Å². The monoisotopic (exact) mass is 425 g/mol. The number of aromatic amines is 1. The van der Waals surface area contributed by atoms with Gasteiger partial charge in [-0.1, -0.05) is 74.5 Å². The molecule has 162 valence electrons. The first-order valence-electron chi connectivity index (χ1n) is 10.8. The Kier molecular flexibility index (Phi) is 6.36. The molecule has 0 saturated carbocycles. The van der Waals surface area contributed by atoms with Crippen molar-refractivity contribution in [3.8, 4) is 0 Å². The zero-order valence-electron chi connectivity index (χ0n) is 18.3. The van der Waals surface area contributed by atoms with Crippen LogP contribution >= 0.6 is 0 Å². The highest BCUT2D eigenvalue weighted by atomic mass is 16.2. The maximum atomic E-state index is 13.2. The zero-order valence-corrected chi connectivity index (χ0v) is 18.3. The molecule has 0 saturated heterocycles. The van der Waals surface area contributed by atoms with E-state index < -0.39 is 6.04 Å². The van der Waals surface area contributed by atoms with Gasteiger partial charge < -0.3 is 15.6 Å². The summed E-state index contributed by atoms with van der Waals surface area (Å²) in [7, 11) is 0. The molecule has 4 aromatic rings. The Bertz CT molecular complexity index is 1210. The summed E-state index contributed by atoms with van der Waals surface area (Å²) in [6.45, 7) is 4.25. The van der Waals surface area contributed by atoms with Crippen molar-refractivity contribution < 1.29 is 9.59 Å². The van der Waals surface area contributed by atoms with Crippen LogP contribution < -0.4 is 10.6 Å². The molecule has 2 amide bonds. The molecule has 0 aliphatic carbocycles. The Morgan fingerprint density at radius 2 is 1.53 bits per heavy atom. The Morgan fingerprint density at radius 3 is 2.25 bits per heavy atom. The minimum Gasteiger partial charge on any atom is -0.361 e. The molecule has 32 heavy (non-hydrogen) atoms. The quantitative estimate of drug-likeness (QED) is 0.374. The van der Waals surface area contributed by atoms with E-state index in [2.05, 4.69) is 29.5 Å². The first kappa shape index (κ1) is 21.4. The molecular formula is C27H27N3O2. The van der Waals surface area contributed by atoms with Crippen LogP contribution in [-0.4, -0.2) is 16.8 Å². The van der Waals surface area contributed by atoms with Gasteiger partial charge in [-0.25, -0.2) is 0 Å². The van der Waals surface area contributed by atoms with Crippen molar-refractivity contribution in [3.63, 3.8) is 0 Å². The fourth-order valence-electron chi connectivity index (χ4n) is 3.77. The molecule has 0 aliphatic rings. The van der Waals surface area contributed by atoms with E-state index in [4.69, 9.17) is 0 Å². The molecule has 5 heteroatoms. The van der Waals surface area contributed by atoms with Crippen molar-refractivity contribution in [2.24, 2.45) is 0 Å². The number of amides is 2. The first-order chi connectivity index (χ1) is 15.5. The van der Waals surface area contributed by atoms with E-state index in [9.17, 15) is 9.59 Å². The summed E-state index contributed by atoms with van der Waals surface area (Å²) in [5, 5.41) is 6.87. The van der Waals surface area contributed by atoms with Crippen molar-refractivity contribution in [1.29, 1.82) is 0 Å². The molecule has 1 atom stereocenters. The van der Waals surface area contributed by atoms with Crippen LogP contribution in [0.3, 0.4) is 0 Å². The summed E-state index contributed by atoms with van der Waals surface area (Å²) in [6, 6.07) is 24.2. The van der Waals surface area contributed by atoms with Gasteiger partial charge in [-0.3, -0.25) is 9.59 Å². The smallest absolute Gasteiger partial charge is 0.251 e. The van der Waals surface area contributed by atoms with Crippen LogP contribution in [0.4, 0.5) is 5.69 Å². The van der Waals surface area contributed by atoms with Gasteiger partial charge >= 0.3 is 0 Å². The molecule has 1 aromatic heterocycles. The third kappa shape index (κ3) is 4.89. The van der Waals surface area contributed by atoms with Gasteiger partial charge in [0.1, 0.15) is 6.04 Å². The minimum absolute atomic E-state index is 0.184. The molecule has 1 heterocycles. The van der Waals surface area contributed by atoms with E-state index in [0.29, 0.717) is 11.6 Å². The average molecular weight is 426 g/mol. The van der Waals surface area contributed by atoms with Crippen LogP contribution in [0.1, 0.15) is 42.5 Å². The number of H-pyrrole nitrogens is 1. The van der Waals surface area contributed by atoms with Crippen LogP contribution in [0.5, 0.6) is 0 Å². The number of nitrogens with one attached hydrogen (secondary N) is 3. The lowest BCUT2D eigenvalue weighted by molar-refractivity contribution is -0.126. The van der Waals surface area contributed by atoms with Gasteiger partial charge in [0.15, 0.2) is 0 Å². The van der Waals surface area contributed by atoms with Crippen molar-refractivity contribution >= 4 is 28.4 Å². The fourth-order valence-corrected chi connectivity index (χ4v) is 3.77. The minimum atomic E-state index is -0.793. The highest BCUT2D eigenvalue weighted by molar-refractivity contribution is 5.98. The van der Waals surface area contributed by atoms with Crippen molar-refractivity contribution in [3.05, 3.63) is 102 Å². The van der Waals surface area contributed by atoms with Gasteiger partial charge in [0, 0.05) is 22.8 Å². The molecule has 3 N–H and O–H groups in total. The molecule has 0 radical (unpaired) electrons. The number of rotatable bonds is 7. The normalized spacial score (nSPS) is 12.0. The van der Waals surface area contributed by atoms with E-state index in [1.54, 1.807) is 0 Å². The lowest BCUT2D eigenvalue weighted by Gasteiger charge is -2.19. The van der Waals surface area contributed by atoms with Crippen molar-refractivity contribution in [2.75, 3.05) is 5.32 Å². The standard InChI is InChI=1S/C27H27N3O2/c1-18(2)19-12-14-22(15-13-19)29-27(32)26(20-8-4-3-5-9-20)30-25(31)16-21-17-28-24-11-7-6-10-23(21)24/h3-15,17-18,26,28H,16H2,1-2H3,(H,29,32)(H,30,31)/t26-/m0/s1. The second-order valence-corrected chi connectivity index (χ2v) is 8.21. The summed E-state index contributed by atoms with van der Waals surface area (Å²) < 4.78 is 0. The highest BCUT2D eigenvalue weighted by Gasteiger charge is 2.23. The number of para-hydroxylation sites is 1. The highest BCUT2D eigenvalue weighted by Crippen LogP contribution is 2.21. The Hall–Kier alpha value is -3.86. The van der Waals surface area contributed by atoms with E-state index in [1.165, 1.54) is 5.56 Å². The number of hydrogen-bond acceptors (Lipinski definition) is 2. The third-order valence-corrected chi connectivity index (χ3v) is 5.57. The molecule has 0 unspecified atom stereocenters. The summed E-state index contributed by atoms with van der Waals surface area (Å²) >= 11 is 0. The Balaban J connectivity index is 1.51. The maximum absolute atomic E-state index is 13.2. The predicted octanol–water partition coefficient (Wildman–Crippen LogP) is 5.33. The first-order valence-corrected chi connectivity index (χ1v) is 10.8. The van der Waals surface area contributed by atoms with Crippen LogP contribution in [-0.2, 0) is 16.0 Å². The average Bonchev–Trinajstić information content (AvgIpc) is 3.21. The van der Waals surface area contributed by atoms with Gasteiger partial charge in [-0.15, -0.1) is 0 Å². The molecule has 0 fully saturated rings.